The zero-order valence-electron chi connectivity index (χ0n) is 16.8. The first-order chi connectivity index (χ1) is 14.1. The number of hydrogen-bond acceptors (Lipinski definition) is 8. The van der Waals surface area contributed by atoms with Crippen molar-refractivity contribution in [1.82, 2.24) is 16.0 Å². The first kappa shape index (κ1) is 27.8. The Bertz CT molecular complexity index is 617. The summed E-state index contributed by atoms with van der Waals surface area (Å²) >= 11 is 5.62. The Balaban J connectivity index is 5.00. The summed E-state index contributed by atoms with van der Waals surface area (Å²) in [5, 5.41) is 15.9. The van der Waals surface area contributed by atoms with Crippen molar-refractivity contribution in [2.75, 3.05) is 30.9 Å². The third-order valence-electron chi connectivity index (χ3n) is 3.78. The highest BCUT2D eigenvalue weighted by Crippen LogP contribution is 2.02. The lowest BCUT2D eigenvalue weighted by Gasteiger charge is -2.23. The molecular formula is C16H31N7O5S2. The van der Waals surface area contributed by atoms with Crippen LogP contribution < -0.4 is 33.2 Å². The van der Waals surface area contributed by atoms with Crippen molar-refractivity contribution in [2.24, 2.45) is 22.2 Å². The van der Waals surface area contributed by atoms with Crippen LogP contribution in [-0.4, -0.2) is 83.7 Å². The van der Waals surface area contributed by atoms with E-state index in [9.17, 15) is 19.2 Å². The van der Waals surface area contributed by atoms with Gasteiger partial charge >= 0.3 is 5.97 Å². The SMILES string of the molecule is CSCCC(N)C(=O)NC(CS)C(=O)NC(CCCN=C(N)N)C(=O)NCC(=O)O. The van der Waals surface area contributed by atoms with Gasteiger partial charge in [0.15, 0.2) is 5.96 Å². The third kappa shape index (κ3) is 12.4. The Morgan fingerprint density at radius 2 is 1.70 bits per heavy atom. The van der Waals surface area contributed by atoms with E-state index in [0.717, 1.165) is 0 Å². The quantitative estimate of drug-likeness (QED) is 0.0542. The number of thiol groups is 1. The summed E-state index contributed by atoms with van der Waals surface area (Å²) < 4.78 is 0. The normalized spacial score (nSPS) is 13.4. The number of thioether (sulfide) groups is 1. The Morgan fingerprint density at radius 3 is 2.23 bits per heavy atom. The molecule has 0 fully saturated rings. The van der Waals surface area contributed by atoms with E-state index in [1.54, 1.807) is 11.8 Å². The highest BCUT2D eigenvalue weighted by atomic mass is 32.2. The maximum absolute atomic E-state index is 12.6. The molecule has 3 unspecified atom stereocenters. The molecule has 0 bridgehead atoms. The van der Waals surface area contributed by atoms with Crippen LogP contribution in [0, 0.1) is 0 Å². The summed E-state index contributed by atoms with van der Waals surface area (Å²) in [6.45, 7) is -0.381. The van der Waals surface area contributed by atoms with Crippen LogP contribution >= 0.6 is 24.4 Å². The molecule has 14 heteroatoms. The van der Waals surface area contributed by atoms with Crippen molar-refractivity contribution in [3.05, 3.63) is 0 Å². The number of carbonyl (C=O) groups excluding carboxylic acids is 3. The molecule has 0 aromatic rings. The average Bonchev–Trinajstić information content (AvgIpc) is 2.69. The first-order valence-corrected chi connectivity index (χ1v) is 11.2. The molecule has 10 N–H and O–H groups in total. The number of hydrogen-bond donors (Lipinski definition) is 8. The monoisotopic (exact) mass is 465 g/mol. The molecule has 3 amide bonds. The standard InChI is InChI=1S/C16H31N7O5S2/c1-30-6-4-9(17)13(26)23-11(8-29)15(28)22-10(3-2-5-20-16(18)19)14(27)21-7-12(24)25/h9-11,29H,2-8,17H2,1H3,(H,21,27)(H,22,28)(H,23,26)(H,24,25)(H4,18,19,20). The summed E-state index contributed by atoms with van der Waals surface area (Å²) in [7, 11) is 0. The lowest BCUT2D eigenvalue weighted by atomic mass is 10.1. The van der Waals surface area contributed by atoms with Gasteiger partial charge in [-0.1, -0.05) is 0 Å². The predicted molar refractivity (Wildman–Crippen MR) is 119 cm³/mol. The Hall–Kier alpha value is -2.19. The highest BCUT2D eigenvalue weighted by molar-refractivity contribution is 7.98. The number of nitrogens with zero attached hydrogens (tertiary/aromatic N) is 1. The van der Waals surface area contributed by atoms with Crippen LogP contribution in [0.2, 0.25) is 0 Å². The number of nitrogens with one attached hydrogen (secondary N) is 3. The molecule has 30 heavy (non-hydrogen) atoms. The van der Waals surface area contributed by atoms with E-state index in [0.29, 0.717) is 18.6 Å². The molecule has 0 spiro atoms. The van der Waals surface area contributed by atoms with Crippen molar-refractivity contribution in [3.8, 4) is 0 Å². The molecule has 0 aromatic heterocycles. The number of aliphatic imine (C=N–C) groups is 1. The van der Waals surface area contributed by atoms with Gasteiger partial charge in [-0.25, -0.2) is 0 Å². The fraction of sp³-hybridized carbons (Fsp3) is 0.688. The molecule has 0 heterocycles. The largest absolute Gasteiger partial charge is 0.480 e. The second kappa shape index (κ2) is 15.6. The molecule has 3 atom stereocenters. The van der Waals surface area contributed by atoms with E-state index in [1.807, 2.05) is 6.26 Å². The molecule has 0 aliphatic carbocycles. The number of aliphatic carboxylic acids is 1. The number of carboxylic acids is 1. The van der Waals surface area contributed by atoms with Gasteiger partial charge in [0.1, 0.15) is 18.6 Å². The van der Waals surface area contributed by atoms with Crippen LogP contribution in [0.25, 0.3) is 0 Å². The van der Waals surface area contributed by atoms with Crippen LogP contribution in [-0.2, 0) is 19.2 Å². The molecule has 0 aliphatic heterocycles. The molecule has 0 radical (unpaired) electrons. The van der Waals surface area contributed by atoms with E-state index in [-0.39, 0.29) is 24.7 Å². The Kier molecular flexibility index (Phi) is 14.5. The number of amides is 3. The van der Waals surface area contributed by atoms with Crippen molar-refractivity contribution >= 4 is 54.0 Å². The maximum Gasteiger partial charge on any atom is 0.322 e. The number of carboxylic acid groups (broad SMARTS) is 1. The topological polar surface area (TPSA) is 215 Å². The second-order valence-corrected chi connectivity index (χ2v) is 7.60. The van der Waals surface area contributed by atoms with Gasteiger partial charge in [0.25, 0.3) is 0 Å². The number of guanidine groups is 1. The predicted octanol–water partition coefficient (Wildman–Crippen LogP) is -2.78. The van der Waals surface area contributed by atoms with Crippen molar-refractivity contribution in [1.29, 1.82) is 0 Å². The fourth-order valence-electron chi connectivity index (χ4n) is 2.18. The van der Waals surface area contributed by atoms with Crippen LogP contribution in [0.3, 0.4) is 0 Å². The third-order valence-corrected chi connectivity index (χ3v) is 4.79. The highest BCUT2D eigenvalue weighted by Gasteiger charge is 2.27. The fourth-order valence-corrected chi connectivity index (χ4v) is 2.93. The van der Waals surface area contributed by atoms with Crippen LogP contribution in [0.5, 0.6) is 0 Å². The summed E-state index contributed by atoms with van der Waals surface area (Å²) in [5.41, 5.74) is 16.3. The minimum atomic E-state index is -1.23. The van der Waals surface area contributed by atoms with Gasteiger partial charge in [-0.3, -0.25) is 24.2 Å². The van der Waals surface area contributed by atoms with Gasteiger partial charge in [0.2, 0.25) is 17.7 Å². The first-order valence-electron chi connectivity index (χ1n) is 9.13. The molecule has 172 valence electrons. The number of rotatable bonds is 15. The second-order valence-electron chi connectivity index (χ2n) is 6.25. The Labute approximate surface area is 184 Å². The van der Waals surface area contributed by atoms with Crippen LogP contribution in [0.15, 0.2) is 4.99 Å². The van der Waals surface area contributed by atoms with Gasteiger partial charge < -0.3 is 38.3 Å². The molecule has 0 saturated carbocycles. The van der Waals surface area contributed by atoms with Gasteiger partial charge in [-0.05, 0) is 31.3 Å². The van der Waals surface area contributed by atoms with E-state index in [1.165, 1.54) is 0 Å². The zero-order chi connectivity index (χ0) is 23.1. The molecule has 12 nitrogen and oxygen atoms in total. The van der Waals surface area contributed by atoms with E-state index < -0.39 is 48.4 Å². The minimum Gasteiger partial charge on any atom is -0.480 e. The van der Waals surface area contributed by atoms with Crippen LogP contribution in [0.4, 0.5) is 0 Å². The number of nitrogens with two attached hydrogens (primary N) is 3. The molecule has 0 saturated heterocycles. The number of carbonyl (C=O) groups is 4. The maximum atomic E-state index is 12.6. The summed E-state index contributed by atoms with van der Waals surface area (Å²) in [6, 6.07) is -2.84. The lowest BCUT2D eigenvalue weighted by Crippen LogP contribution is -2.56. The average molecular weight is 466 g/mol. The van der Waals surface area contributed by atoms with E-state index in [2.05, 4.69) is 33.6 Å². The lowest BCUT2D eigenvalue weighted by molar-refractivity contribution is -0.138. The van der Waals surface area contributed by atoms with E-state index in [4.69, 9.17) is 22.3 Å². The molecular weight excluding hydrogens is 434 g/mol. The van der Waals surface area contributed by atoms with Gasteiger partial charge in [0, 0.05) is 12.3 Å². The van der Waals surface area contributed by atoms with Gasteiger partial charge in [0.05, 0.1) is 6.04 Å². The van der Waals surface area contributed by atoms with Crippen molar-refractivity contribution in [2.45, 2.75) is 37.4 Å². The van der Waals surface area contributed by atoms with Crippen LogP contribution in [0.1, 0.15) is 19.3 Å². The molecule has 0 rings (SSSR count). The summed E-state index contributed by atoms with van der Waals surface area (Å²) in [5.74, 6) is -2.50. The Morgan fingerprint density at radius 1 is 1.07 bits per heavy atom. The van der Waals surface area contributed by atoms with E-state index >= 15 is 0 Å². The van der Waals surface area contributed by atoms with Crippen molar-refractivity contribution in [3.63, 3.8) is 0 Å². The summed E-state index contributed by atoms with van der Waals surface area (Å²) in [4.78, 5) is 51.4. The van der Waals surface area contributed by atoms with Crippen molar-refractivity contribution < 1.29 is 24.3 Å². The zero-order valence-corrected chi connectivity index (χ0v) is 18.5. The molecule has 0 aliphatic rings. The van der Waals surface area contributed by atoms with Gasteiger partial charge in [-0.15, -0.1) is 0 Å². The summed E-state index contributed by atoms with van der Waals surface area (Å²) in [6.07, 6.45) is 2.82. The molecule has 0 aromatic carbocycles. The smallest absolute Gasteiger partial charge is 0.322 e. The minimum absolute atomic E-state index is 0.0235. The van der Waals surface area contributed by atoms with Gasteiger partial charge in [-0.2, -0.15) is 24.4 Å².